The zero-order valence-corrected chi connectivity index (χ0v) is 15.0. The van der Waals surface area contributed by atoms with Crippen LogP contribution in [0.1, 0.15) is 27.2 Å². The summed E-state index contributed by atoms with van der Waals surface area (Å²) in [7, 11) is 0. The van der Waals surface area contributed by atoms with E-state index in [1.807, 2.05) is 49.4 Å². The molecule has 23 heavy (non-hydrogen) atoms. The van der Waals surface area contributed by atoms with Crippen LogP contribution in [0.25, 0.3) is 11.1 Å². The number of benzene rings is 2. The Morgan fingerprint density at radius 2 is 1.57 bits per heavy atom. The molecule has 3 nitrogen and oxygen atoms in total. The molecule has 126 valence electrons. The molecule has 2 aromatic rings. The molecule has 0 heterocycles. The number of halogens is 2. The normalized spacial score (nSPS) is 10.5. The highest BCUT2D eigenvalue weighted by Crippen LogP contribution is 2.32. The molecule has 1 atom stereocenters. The van der Waals surface area contributed by atoms with E-state index in [-0.39, 0.29) is 6.10 Å². The van der Waals surface area contributed by atoms with Gasteiger partial charge in [-0.1, -0.05) is 72.6 Å². The van der Waals surface area contributed by atoms with Gasteiger partial charge in [0.2, 0.25) is 0 Å². The Kier molecular flexibility index (Phi) is 11.1. The van der Waals surface area contributed by atoms with Crippen molar-refractivity contribution in [1.29, 1.82) is 0 Å². The second kappa shape index (κ2) is 11.9. The third-order valence-corrected chi connectivity index (χ3v) is 3.45. The molecule has 0 bridgehead atoms. The summed E-state index contributed by atoms with van der Waals surface area (Å²) in [6, 6.07) is 15.6. The van der Waals surface area contributed by atoms with Crippen molar-refractivity contribution >= 4 is 29.2 Å². The van der Waals surface area contributed by atoms with Crippen molar-refractivity contribution < 1.29 is 15.0 Å². The van der Waals surface area contributed by atoms with E-state index >= 15 is 0 Å². The first-order chi connectivity index (χ1) is 10.8. The predicted octanol–water partition coefficient (Wildman–Crippen LogP) is 5.53. The van der Waals surface area contributed by atoms with Crippen LogP contribution in [0, 0.1) is 0 Å². The van der Waals surface area contributed by atoms with Crippen LogP contribution in [0.2, 0.25) is 10.0 Å². The zero-order valence-electron chi connectivity index (χ0n) is 13.5. The fourth-order valence-electron chi connectivity index (χ4n) is 1.34. The fourth-order valence-corrected chi connectivity index (χ4v) is 1.75. The van der Waals surface area contributed by atoms with E-state index in [1.54, 1.807) is 13.0 Å². The number of rotatable bonds is 2. The summed E-state index contributed by atoms with van der Waals surface area (Å²) in [6.07, 6.45) is 0.745. The molecule has 0 aromatic heterocycles. The van der Waals surface area contributed by atoms with Crippen LogP contribution in [0.4, 0.5) is 0 Å². The van der Waals surface area contributed by atoms with Crippen LogP contribution < -0.4 is 0 Å². The lowest BCUT2D eigenvalue weighted by atomic mass is 10.1. The molecular formula is C18H22Cl2O3. The summed E-state index contributed by atoms with van der Waals surface area (Å²) < 4.78 is 0. The van der Waals surface area contributed by atoms with Crippen LogP contribution in [0.15, 0.2) is 48.5 Å². The van der Waals surface area contributed by atoms with Gasteiger partial charge in [0.15, 0.2) is 0 Å². The van der Waals surface area contributed by atoms with Gasteiger partial charge < -0.3 is 10.2 Å². The van der Waals surface area contributed by atoms with E-state index < -0.39 is 5.97 Å². The molecular weight excluding hydrogens is 335 g/mol. The van der Waals surface area contributed by atoms with Gasteiger partial charge in [0.05, 0.1) is 16.1 Å². The summed E-state index contributed by atoms with van der Waals surface area (Å²) in [5, 5.41) is 17.0. The first-order valence-corrected chi connectivity index (χ1v) is 7.92. The molecule has 0 aliphatic carbocycles. The Morgan fingerprint density at radius 3 is 2.00 bits per heavy atom. The topological polar surface area (TPSA) is 57.5 Å². The highest BCUT2D eigenvalue weighted by molar-refractivity contribution is 6.43. The molecule has 5 heteroatoms. The molecule has 2 N–H and O–H groups in total. The summed E-state index contributed by atoms with van der Waals surface area (Å²) in [5.74, 6) is -0.833. The second-order valence-corrected chi connectivity index (χ2v) is 5.53. The number of carbonyl (C=O) groups is 1. The maximum atomic E-state index is 9.00. The lowest BCUT2D eigenvalue weighted by Crippen LogP contribution is -1.93. The number of aliphatic carboxylic acids is 1. The lowest BCUT2D eigenvalue weighted by molar-refractivity contribution is -0.134. The van der Waals surface area contributed by atoms with Crippen molar-refractivity contribution in [3.05, 3.63) is 58.6 Å². The smallest absolute Gasteiger partial charge is 0.300 e. The van der Waals surface area contributed by atoms with Crippen molar-refractivity contribution in [2.45, 2.75) is 33.3 Å². The summed E-state index contributed by atoms with van der Waals surface area (Å²) in [4.78, 5) is 9.00. The van der Waals surface area contributed by atoms with Gasteiger partial charge in [-0.25, -0.2) is 0 Å². The van der Waals surface area contributed by atoms with Crippen molar-refractivity contribution in [2.24, 2.45) is 0 Å². The van der Waals surface area contributed by atoms with Crippen LogP contribution in [0.3, 0.4) is 0 Å². The quantitative estimate of drug-likeness (QED) is 0.743. The molecule has 2 aromatic carbocycles. The molecule has 0 radical (unpaired) electrons. The Labute approximate surface area is 147 Å². The van der Waals surface area contributed by atoms with Crippen LogP contribution in [-0.4, -0.2) is 22.3 Å². The Balaban J connectivity index is 0.000000450. The highest BCUT2D eigenvalue weighted by Gasteiger charge is 2.05. The van der Waals surface area contributed by atoms with Gasteiger partial charge in [-0.3, -0.25) is 4.79 Å². The van der Waals surface area contributed by atoms with E-state index in [1.165, 1.54) is 0 Å². The first-order valence-electron chi connectivity index (χ1n) is 7.16. The van der Waals surface area contributed by atoms with Gasteiger partial charge in [0.25, 0.3) is 5.97 Å². The van der Waals surface area contributed by atoms with Gasteiger partial charge in [-0.15, -0.1) is 0 Å². The molecule has 2 rings (SSSR count). The molecule has 0 saturated heterocycles. The third kappa shape index (κ3) is 9.95. The first kappa shape index (κ1) is 21.4. The highest BCUT2D eigenvalue weighted by atomic mass is 35.5. The number of carboxylic acid groups (broad SMARTS) is 1. The number of hydrogen-bond donors (Lipinski definition) is 2. The van der Waals surface area contributed by atoms with Crippen LogP contribution in [0.5, 0.6) is 0 Å². The monoisotopic (exact) mass is 356 g/mol. The average molecular weight is 357 g/mol. The number of aliphatic hydroxyl groups is 1. The number of hydrogen-bond acceptors (Lipinski definition) is 2. The number of carboxylic acids is 1. The Hall–Kier alpha value is -1.55. The van der Waals surface area contributed by atoms with Crippen molar-refractivity contribution in [3.63, 3.8) is 0 Å². The standard InChI is InChI=1S/C12H8Cl2.C4H10O.C2H4O2/c13-11-8-4-7-10(12(11)14)9-5-2-1-3-6-9;1-3-4(2)5;1-2(3)4/h1-8H;4-5H,3H2,1-2H3;1H3,(H,3,4). The van der Waals surface area contributed by atoms with Gasteiger partial charge >= 0.3 is 0 Å². The molecule has 0 saturated carbocycles. The maximum absolute atomic E-state index is 9.00. The summed E-state index contributed by atoms with van der Waals surface area (Å²) in [6.45, 7) is 4.81. The molecule has 1 unspecified atom stereocenters. The molecule has 0 fully saturated rings. The molecule has 0 aliphatic rings. The minimum atomic E-state index is -0.833. The Morgan fingerprint density at radius 1 is 1.09 bits per heavy atom. The van der Waals surface area contributed by atoms with Crippen LogP contribution >= 0.6 is 23.2 Å². The number of aliphatic hydroxyl groups excluding tert-OH is 1. The lowest BCUT2D eigenvalue weighted by Gasteiger charge is -2.04. The van der Waals surface area contributed by atoms with E-state index in [2.05, 4.69) is 0 Å². The van der Waals surface area contributed by atoms with Gasteiger partial charge in [-0.05, 0) is 25.0 Å². The van der Waals surface area contributed by atoms with Gasteiger partial charge in [-0.2, -0.15) is 0 Å². The SMILES string of the molecule is CC(=O)O.CCC(C)O.Clc1cccc(-c2ccccc2)c1Cl. The Bertz CT molecular complexity index is 580. The maximum Gasteiger partial charge on any atom is 0.300 e. The second-order valence-electron chi connectivity index (χ2n) is 4.74. The van der Waals surface area contributed by atoms with Gasteiger partial charge in [0.1, 0.15) is 0 Å². The van der Waals surface area contributed by atoms with Crippen molar-refractivity contribution in [2.75, 3.05) is 0 Å². The van der Waals surface area contributed by atoms with E-state index in [9.17, 15) is 0 Å². The summed E-state index contributed by atoms with van der Waals surface area (Å²) in [5.41, 5.74) is 2.06. The van der Waals surface area contributed by atoms with E-state index in [0.29, 0.717) is 10.0 Å². The van der Waals surface area contributed by atoms with Gasteiger partial charge in [0, 0.05) is 12.5 Å². The minimum absolute atomic E-state index is 0.116. The van der Waals surface area contributed by atoms with Crippen molar-refractivity contribution in [3.8, 4) is 11.1 Å². The van der Waals surface area contributed by atoms with Crippen LogP contribution in [-0.2, 0) is 4.79 Å². The molecule has 0 aliphatic heterocycles. The molecule has 0 spiro atoms. The third-order valence-electron chi connectivity index (χ3n) is 2.63. The average Bonchev–Trinajstić information content (AvgIpc) is 2.51. The van der Waals surface area contributed by atoms with E-state index in [4.69, 9.17) is 38.2 Å². The summed E-state index contributed by atoms with van der Waals surface area (Å²) >= 11 is 12.0. The fraction of sp³-hybridized carbons (Fsp3) is 0.278. The minimum Gasteiger partial charge on any atom is -0.481 e. The largest absolute Gasteiger partial charge is 0.481 e. The molecule has 0 amide bonds. The predicted molar refractivity (Wildman–Crippen MR) is 97.2 cm³/mol. The van der Waals surface area contributed by atoms with E-state index in [0.717, 1.165) is 24.5 Å². The van der Waals surface area contributed by atoms with Crippen molar-refractivity contribution in [1.82, 2.24) is 0 Å². The zero-order chi connectivity index (χ0) is 17.8.